The van der Waals surface area contributed by atoms with Crippen LogP contribution in [0.5, 0.6) is 5.75 Å². The molecular weight excluding hydrogens is 420 g/mol. The smallest absolute Gasteiger partial charge is 0.230 e. The highest BCUT2D eigenvalue weighted by molar-refractivity contribution is 7.99. The quantitative estimate of drug-likeness (QED) is 0.434. The predicted octanol–water partition coefficient (Wildman–Crippen LogP) is 4.30. The molecule has 0 saturated carbocycles. The Morgan fingerprint density at radius 1 is 1.17 bits per heavy atom. The Morgan fingerprint density at radius 3 is 2.73 bits per heavy atom. The second kappa shape index (κ2) is 8.93. The summed E-state index contributed by atoms with van der Waals surface area (Å²) >= 11 is 7.26. The minimum absolute atomic E-state index is 0.0419. The molecule has 0 aliphatic rings. The number of benzene rings is 2. The first-order chi connectivity index (χ1) is 14.5. The number of carbonyl (C=O) groups excluding carboxylic acids is 1. The molecule has 0 spiro atoms. The maximum Gasteiger partial charge on any atom is 0.230 e. The van der Waals surface area contributed by atoms with Gasteiger partial charge in [0, 0.05) is 23.0 Å². The molecule has 1 N–H and O–H groups in total. The number of carbonyl (C=O) groups is 1. The van der Waals surface area contributed by atoms with Crippen molar-refractivity contribution in [2.75, 3.05) is 19.4 Å². The molecular formula is C22H21ClN4O2S. The van der Waals surface area contributed by atoms with Crippen LogP contribution >= 0.6 is 23.4 Å². The van der Waals surface area contributed by atoms with Gasteiger partial charge in [-0.05, 0) is 54.8 Å². The number of aromatic nitrogens is 3. The maximum atomic E-state index is 12.3. The van der Waals surface area contributed by atoms with E-state index in [-0.39, 0.29) is 11.7 Å². The van der Waals surface area contributed by atoms with Crippen molar-refractivity contribution < 1.29 is 9.53 Å². The summed E-state index contributed by atoms with van der Waals surface area (Å²) in [5.74, 6) is 0.986. The predicted molar refractivity (Wildman–Crippen MR) is 121 cm³/mol. The molecule has 0 saturated heterocycles. The third-order valence-corrected chi connectivity index (χ3v) is 6.04. The summed E-state index contributed by atoms with van der Waals surface area (Å²) in [5, 5.41) is 14.0. The van der Waals surface area contributed by atoms with Crippen LogP contribution < -0.4 is 10.1 Å². The molecule has 30 heavy (non-hydrogen) atoms. The Morgan fingerprint density at radius 2 is 1.97 bits per heavy atom. The number of nitrogens with one attached hydrogen (secondary N) is 1. The molecule has 2 heterocycles. The van der Waals surface area contributed by atoms with Crippen molar-refractivity contribution in [1.29, 1.82) is 0 Å². The SMILES string of the molecule is COc1ccc2c(C)cc3nnc(SCC(=O)NCCc4ccc(Cl)cc4)n3c2c1. The Labute approximate surface area is 183 Å². The number of hydrogen-bond acceptors (Lipinski definition) is 5. The molecule has 0 bridgehead atoms. The van der Waals surface area contributed by atoms with Crippen LogP contribution in [-0.4, -0.2) is 39.9 Å². The van der Waals surface area contributed by atoms with Crippen molar-refractivity contribution >= 4 is 45.8 Å². The lowest BCUT2D eigenvalue weighted by atomic mass is 10.1. The van der Waals surface area contributed by atoms with Crippen LogP contribution in [0.3, 0.4) is 0 Å². The van der Waals surface area contributed by atoms with Gasteiger partial charge in [-0.25, -0.2) is 0 Å². The fourth-order valence-corrected chi connectivity index (χ4v) is 4.21. The lowest BCUT2D eigenvalue weighted by molar-refractivity contribution is -0.118. The largest absolute Gasteiger partial charge is 0.497 e. The number of hydrogen-bond donors (Lipinski definition) is 1. The molecule has 0 atom stereocenters. The number of aryl methyl sites for hydroxylation is 1. The number of fused-ring (bicyclic) bond motifs is 3. The topological polar surface area (TPSA) is 68.5 Å². The Kier molecular flexibility index (Phi) is 6.11. The normalized spacial score (nSPS) is 11.2. The number of rotatable bonds is 7. The van der Waals surface area contributed by atoms with Gasteiger partial charge in [0.15, 0.2) is 10.8 Å². The molecule has 0 aliphatic heterocycles. The van der Waals surface area contributed by atoms with E-state index in [1.165, 1.54) is 11.8 Å². The van der Waals surface area contributed by atoms with Gasteiger partial charge < -0.3 is 10.1 Å². The second-order valence-electron chi connectivity index (χ2n) is 6.90. The Bertz CT molecular complexity index is 1210. The highest BCUT2D eigenvalue weighted by Crippen LogP contribution is 2.28. The first-order valence-corrected chi connectivity index (χ1v) is 10.9. The second-order valence-corrected chi connectivity index (χ2v) is 8.28. The fourth-order valence-electron chi connectivity index (χ4n) is 3.30. The van der Waals surface area contributed by atoms with Gasteiger partial charge >= 0.3 is 0 Å². The van der Waals surface area contributed by atoms with E-state index in [1.54, 1.807) is 7.11 Å². The summed E-state index contributed by atoms with van der Waals surface area (Å²) in [6.45, 7) is 2.62. The molecule has 154 valence electrons. The summed E-state index contributed by atoms with van der Waals surface area (Å²) in [5.41, 5.74) is 3.95. The lowest BCUT2D eigenvalue weighted by Gasteiger charge is -2.09. The van der Waals surface area contributed by atoms with Crippen molar-refractivity contribution in [3.8, 4) is 5.75 Å². The minimum Gasteiger partial charge on any atom is -0.497 e. The van der Waals surface area contributed by atoms with Gasteiger partial charge in [-0.1, -0.05) is 35.5 Å². The van der Waals surface area contributed by atoms with Crippen molar-refractivity contribution in [1.82, 2.24) is 19.9 Å². The lowest BCUT2D eigenvalue weighted by Crippen LogP contribution is -2.27. The zero-order valence-electron chi connectivity index (χ0n) is 16.7. The number of amides is 1. The molecule has 4 aromatic rings. The van der Waals surface area contributed by atoms with E-state index in [2.05, 4.69) is 15.5 Å². The van der Waals surface area contributed by atoms with Crippen molar-refractivity contribution in [3.05, 3.63) is 64.7 Å². The summed E-state index contributed by atoms with van der Waals surface area (Å²) < 4.78 is 7.35. The molecule has 0 radical (unpaired) electrons. The Balaban J connectivity index is 1.45. The molecule has 0 aliphatic carbocycles. The number of nitrogens with zero attached hydrogens (tertiary/aromatic N) is 3. The summed E-state index contributed by atoms with van der Waals surface area (Å²) in [7, 11) is 1.64. The third kappa shape index (κ3) is 4.37. The van der Waals surface area contributed by atoms with Crippen LogP contribution in [0, 0.1) is 6.92 Å². The summed E-state index contributed by atoms with van der Waals surface area (Å²) in [6.07, 6.45) is 0.755. The molecule has 0 unspecified atom stereocenters. The van der Waals surface area contributed by atoms with Gasteiger partial charge in [-0.15, -0.1) is 10.2 Å². The molecule has 2 aromatic carbocycles. The van der Waals surface area contributed by atoms with E-state index in [1.807, 2.05) is 59.9 Å². The van der Waals surface area contributed by atoms with Crippen LogP contribution in [0.15, 0.2) is 53.7 Å². The number of thioether (sulfide) groups is 1. The van der Waals surface area contributed by atoms with Gasteiger partial charge in [-0.2, -0.15) is 0 Å². The zero-order chi connectivity index (χ0) is 21.1. The average Bonchev–Trinajstić information content (AvgIpc) is 3.16. The van der Waals surface area contributed by atoms with Gasteiger partial charge in [-0.3, -0.25) is 9.20 Å². The first kappa shape index (κ1) is 20.5. The average molecular weight is 441 g/mol. The van der Waals surface area contributed by atoms with Crippen LogP contribution in [0.2, 0.25) is 5.02 Å². The molecule has 2 aromatic heterocycles. The summed E-state index contributed by atoms with van der Waals surface area (Å²) in [4.78, 5) is 12.3. The molecule has 8 heteroatoms. The Hall–Kier alpha value is -2.77. The minimum atomic E-state index is -0.0419. The van der Waals surface area contributed by atoms with Crippen LogP contribution in [0.4, 0.5) is 0 Å². The van der Waals surface area contributed by atoms with Gasteiger partial charge in [0.05, 0.1) is 18.4 Å². The van der Waals surface area contributed by atoms with E-state index in [9.17, 15) is 4.79 Å². The number of halogens is 1. The van der Waals surface area contributed by atoms with Crippen molar-refractivity contribution in [2.45, 2.75) is 18.5 Å². The molecule has 4 rings (SSSR count). The number of methoxy groups -OCH3 is 1. The number of pyridine rings is 1. The first-order valence-electron chi connectivity index (χ1n) is 9.51. The van der Waals surface area contributed by atoms with E-state index < -0.39 is 0 Å². The monoisotopic (exact) mass is 440 g/mol. The standard InChI is InChI=1S/C22H21ClN4O2S/c1-14-11-20-25-26-22(27(20)19-12-17(29-2)7-8-18(14)19)30-13-21(28)24-10-9-15-3-5-16(23)6-4-15/h3-8,11-12H,9-10,13H2,1-2H3,(H,24,28). The molecule has 6 nitrogen and oxygen atoms in total. The number of ether oxygens (including phenoxy) is 1. The zero-order valence-corrected chi connectivity index (χ0v) is 18.3. The molecule has 1 amide bonds. The van der Waals surface area contributed by atoms with Gasteiger partial charge in [0.2, 0.25) is 5.91 Å². The molecule has 0 fully saturated rings. The van der Waals surface area contributed by atoms with E-state index >= 15 is 0 Å². The summed E-state index contributed by atoms with van der Waals surface area (Å²) in [6, 6.07) is 15.6. The van der Waals surface area contributed by atoms with Crippen LogP contribution in [-0.2, 0) is 11.2 Å². The maximum absolute atomic E-state index is 12.3. The van der Waals surface area contributed by atoms with Crippen LogP contribution in [0.25, 0.3) is 16.6 Å². The van der Waals surface area contributed by atoms with Crippen molar-refractivity contribution in [2.24, 2.45) is 0 Å². The van der Waals surface area contributed by atoms with Gasteiger partial charge in [0.1, 0.15) is 5.75 Å². The van der Waals surface area contributed by atoms with E-state index in [0.717, 1.165) is 39.8 Å². The van der Waals surface area contributed by atoms with Gasteiger partial charge in [0.25, 0.3) is 0 Å². The van der Waals surface area contributed by atoms with E-state index in [4.69, 9.17) is 16.3 Å². The highest BCUT2D eigenvalue weighted by atomic mass is 35.5. The third-order valence-electron chi connectivity index (χ3n) is 4.86. The highest BCUT2D eigenvalue weighted by Gasteiger charge is 2.14. The van der Waals surface area contributed by atoms with E-state index in [0.29, 0.717) is 16.7 Å². The fraction of sp³-hybridized carbons (Fsp3) is 0.227. The van der Waals surface area contributed by atoms with Crippen molar-refractivity contribution in [3.63, 3.8) is 0 Å². The van der Waals surface area contributed by atoms with Crippen LogP contribution in [0.1, 0.15) is 11.1 Å².